The number of nitro benzene ring substituents is 1. The molecule has 0 aromatic heterocycles. The minimum absolute atomic E-state index is 0.115. The zero-order chi connectivity index (χ0) is 16.1. The van der Waals surface area contributed by atoms with Crippen LogP contribution >= 0.6 is 0 Å². The van der Waals surface area contributed by atoms with E-state index in [0.717, 1.165) is 58.2 Å². The van der Waals surface area contributed by atoms with Crippen molar-refractivity contribution in [2.45, 2.75) is 12.5 Å². The monoisotopic (exact) mass is 321 g/mol. The lowest BCUT2D eigenvalue weighted by molar-refractivity contribution is -0.384. The summed E-state index contributed by atoms with van der Waals surface area (Å²) in [7, 11) is 0. The minimum atomic E-state index is -0.379. The molecule has 2 heterocycles. The molecule has 126 valence electrons. The van der Waals surface area contributed by atoms with Crippen molar-refractivity contribution >= 4 is 11.4 Å². The van der Waals surface area contributed by atoms with E-state index in [4.69, 9.17) is 9.47 Å². The van der Waals surface area contributed by atoms with Crippen LogP contribution in [-0.2, 0) is 9.47 Å². The fourth-order valence-electron chi connectivity index (χ4n) is 3.28. The van der Waals surface area contributed by atoms with E-state index in [2.05, 4.69) is 10.2 Å². The van der Waals surface area contributed by atoms with Gasteiger partial charge in [-0.2, -0.15) is 0 Å². The molecule has 0 aliphatic carbocycles. The summed E-state index contributed by atoms with van der Waals surface area (Å²) in [5.74, 6) is 0.527. The average molecular weight is 321 g/mol. The number of benzene rings is 1. The molecule has 0 saturated carbocycles. The number of non-ortho nitro benzene ring substituents is 1. The molecule has 2 aliphatic heterocycles. The van der Waals surface area contributed by atoms with Gasteiger partial charge in [0.1, 0.15) is 0 Å². The molecule has 2 aliphatic rings. The highest BCUT2D eigenvalue weighted by Crippen LogP contribution is 2.23. The van der Waals surface area contributed by atoms with Crippen LogP contribution in [0.15, 0.2) is 24.3 Å². The molecular weight excluding hydrogens is 298 g/mol. The van der Waals surface area contributed by atoms with Crippen LogP contribution in [0.1, 0.15) is 6.42 Å². The van der Waals surface area contributed by atoms with E-state index in [1.807, 2.05) is 0 Å². The number of ether oxygens (including phenoxy) is 2. The first-order valence-electron chi connectivity index (χ1n) is 8.12. The second-order valence-corrected chi connectivity index (χ2v) is 6.02. The Labute approximate surface area is 135 Å². The lowest BCUT2D eigenvalue weighted by Crippen LogP contribution is -2.50. The summed E-state index contributed by atoms with van der Waals surface area (Å²) in [5.41, 5.74) is 1.03. The predicted octanol–water partition coefficient (Wildman–Crippen LogP) is 1.74. The summed E-state index contributed by atoms with van der Waals surface area (Å²) in [6.45, 7) is 5.91. The molecule has 7 nitrogen and oxygen atoms in total. The number of hydrogen-bond donors (Lipinski definition) is 1. The van der Waals surface area contributed by atoms with Crippen molar-refractivity contribution in [1.29, 1.82) is 0 Å². The fraction of sp³-hybridized carbons (Fsp3) is 0.625. The lowest BCUT2D eigenvalue weighted by Gasteiger charge is -2.37. The van der Waals surface area contributed by atoms with Crippen molar-refractivity contribution in [3.8, 4) is 0 Å². The number of morpholine rings is 1. The highest BCUT2D eigenvalue weighted by atomic mass is 16.6. The van der Waals surface area contributed by atoms with Gasteiger partial charge in [-0.1, -0.05) is 0 Å². The normalized spacial score (nSPS) is 23.6. The second kappa shape index (κ2) is 7.72. The zero-order valence-corrected chi connectivity index (χ0v) is 13.1. The molecule has 2 atom stereocenters. The van der Waals surface area contributed by atoms with Crippen LogP contribution in [0.25, 0.3) is 0 Å². The largest absolute Gasteiger partial charge is 0.383 e. The smallest absolute Gasteiger partial charge is 0.269 e. The Morgan fingerprint density at radius 3 is 2.57 bits per heavy atom. The Morgan fingerprint density at radius 1 is 1.22 bits per heavy atom. The summed E-state index contributed by atoms with van der Waals surface area (Å²) < 4.78 is 11.0. The number of hydrogen-bond acceptors (Lipinski definition) is 6. The Morgan fingerprint density at radius 2 is 1.96 bits per heavy atom. The molecule has 0 bridgehead atoms. The van der Waals surface area contributed by atoms with E-state index in [1.54, 1.807) is 12.1 Å². The molecule has 2 unspecified atom stereocenters. The van der Waals surface area contributed by atoms with E-state index in [0.29, 0.717) is 12.0 Å². The SMILES string of the molecule is O=[N+]([O-])c1ccc(NCC(C2CCOC2)N2CCOCC2)cc1. The predicted molar refractivity (Wildman–Crippen MR) is 86.7 cm³/mol. The topological polar surface area (TPSA) is 76.9 Å². The Bertz CT molecular complexity index is 511. The van der Waals surface area contributed by atoms with Gasteiger partial charge in [-0.15, -0.1) is 0 Å². The quantitative estimate of drug-likeness (QED) is 0.635. The molecule has 1 aromatic carbocycles. The van der Waals surface area contributed by atoms with E-state index in [9.17, 15) is 10.1 Å². The van der Waals surface area contributed by atoms with Gasteiger partial charge in [-0.3, -0.25) is 15.0 Å². The van der Waals surface area contributed by atoms with Crippen LogP contribution in [-0.4, -0.2) is 61.9 Å². The third kappa shape index (κ3) is 4.19. The maximum Gasteiger partial charge on any atom is 0.269 e. The highest BCUT2D eigenvalue weighted by molar-refractivity contribution is 5.48. The first-order valence-corrected chi connectivity index (χ1v) is 8.12. The summed E-state index contributed by atoms with van der Waals surface area (Å²) in [4.78, 5) is 12.8. The van der Waals surface area contributed by atoms with Crippen LogP contribution in [0.4, 0.5) is 11.4 Å². The molecule has 2 saturated heterocycles. The van der Waals surface area contributed by atoms with Gasteiger partial charge in [-0.25, -0.2) is 0 Å². The van der Waals surface area contributed by atoms with Gasteiger partial charge in [0, 0.05) is 56.0 Å². The minimum Gasteiger partial charge on any atom is -0.383 e. The van der Waals surface area contributed by atoms with E-state index in [1.165, 1.54) is 12.1 Å². The number of nitrogens with one attached hydrogen (secondary N) is 1. The molecular formula is C16H23N3O4. The summed E-state index contributed by atoms with van der Waals surface area (Å²) in [6.07, 6.45) is 1.09. The number of anilines is 1. The third-order valence-corrected chi connectivity index (χ3v) is 4.62. The van der Waals surface area contributed by atoms with Crippen molar-refractivity contribution in [2.75, 3.05) is 51.4 Å². The highest BCUT2D eigenvalue weighted by Gasteiger charge is 2.31. The van der Waals surface area contributed by atoms with E-state index < -0.39 is 0 Å². The van der Waals surface area contributed by atoms with Crippen molar-refractivity contribution in [2.24, 2.45) is 5.92 Å². The number of rotatable bonds is 6. The molecule has 0 amide bonds. The van der Waals surface area contributed by atoms with Gasteiger partial charge in [0.25, 0.3) is 5.69 Å². The Hall–Kier alpha value is -1.70. The van der Waals surface area contributed by atoms with Gasteiger partial charge in [0.2, 0.25) is 0 Å². The second-order valence-electron chi connectivity index (χ2n) is 6.02. The van der Waals surface area contributed by atoms with Crippen molar-refractivity contribution in [1.82, 2.24) is 4.90 Å². The number of nitrogens with zero attached hydrogens (tertiary/aromatic N) is 2. The van der Waals surface area contributed by atoms with E-state index >= 15 is 0 Å². The van der Waals surface area contributed by atoms with Crippen molar-refractivity contribution < 1.29 is 14.4 Å². The average Bonchev–Trinajstić information content (AvgIpc) is 3.11. The molecule has 2 fully saturated rings. The lowest BCUT2D eigenvalue weighted by atomic mass is 9.96. The van der Waals surface area contributed by atoms with Gasteiger partial charge in [0.05, 0.1) is 24.7 Å². The molecule has 0 radical (unpaired) electrons. The zero-order valence-electron chi connectivity index (χ0n) is 13.1. The van der Waals surface area contributed by atoms with Crippen LogP contribution in [0.3, 0.4) is 0 Å². The Balaban J connectivity index is 1.62. The molecule has 3 rings (SSSR count). The van der Waals surface area contributed by atoms with Crippen molar-refractivity contribution in [3.63, 3.8) is 0 Å². The van der Waals surface area contributed by atoms with Crippen LogP contribution < -0.4 is 5.32 Å². The summed E-state index contributed by atoms with van der Waals surface area (Å²) in [6, 6.07) is 6.99. The van der Waals surface area contributed by atoms with Gasteiger partial charge in [-0.05, 0) is 18.6 Å². The number of nitro groups is 1. The van der Waals surface area contributed by atoms with Gasteiger partial charge >= 0.3 is 0 Å². The first-order chi connectivity index (χ1) is 11.2. The summed E-state index contributed by atoms with van der Waals surface area (Å²) in [5, 5.41) is 14.1. The molecule has 1 N–H and O–H groups in total. The third-order valence-electron chi connectivity index (χ3n) is 4.62. The molecule has 23 heavy (non-hydrogen) atoms. The maximum atomic E-state index is 10.7. The van der Waals surface area contributed by atoms with Gasteiger partial charge in [0.15, 0.2) is 0 Å². The van der Waals surface area contributed by atoms with Crippen LogP contribution in [0.2, 0.25) is 0 Å². The molecule has 1 aromatic rings. The fourth-order valence-corrected chi connectivity index (χ4v) is 3.28. The molecule has 7 heteroatoms. The summed E-state index contributed by atoms with van der Waals surface area (Å²) >= 11 is 0. The first kappa shape index (κ1) is 16.2. The van der Waals surface area contributed by atoms with E-state index in [-0.39, 0.29) is 10.6 Å². The van der Waals surface area contributed by atoms with Gasteiger partial charge < -0.3 is 14.8 Å². The molecule has 0 spiro atoms. The van der Waals surface area contributed by atoms with Crippen LogP contribution in [0, 0.1) is 16.0 Å². The van der Waals surface area contributed by atoms with Crippen molar-refractivity contribution in [3.05, 3.63) is 34.4 Å². The standard InChI is InChI=1S/C16H23N3O4/c20-19(21)15-3-1-14(2-4-15)17-11-16(13-5-8-23-12-13)18-6-9-22-10-7-18/h1-4,13,16-17H,5-12H2. The maximum absolute atomic E-state index is 10.7. The Kier molecular flexibility index (Phi) is 5.43. The van der Waals surface area contributed by atoms with Crippen LogP contribution in [0.5, 0.6) is 0 Å².